The van der Waals surface area contributed by atoms with Gasteiger partial charge in [0.05, 0.1) is 0 Å². The van der Waals surface area contributed by atoms with Crippen LogP contribution in [-0.4, -0.2) is 14.4 Å². The summed E-state index contributed by atoms with van der Waals surface area (Å²) in [6, 6.07) is 20.3. The van der Waals surface area contributed by atoms with Crippen molar-refractivity contribution in [2.75, 3.05) is 0 Å². The molecule has 0 aliphatic carbocycles. The topological polar surface area (TPSA) is 0 Å². The molecule has 0 spiro atoms. The van der Waals surface area contributed by atoms with Crippen LogP contribution in [0.1, 0.15) is 22.3 Å². The van der Waals surface area contributed by atoms with Gasteiger partial charge in [-0.05, 0) is 34.3 Å². The summed E-state index contributed by atoms with van der Waals surface area (Å²) in [5, 5.41) is 0. The van der Waals surface area contributed by atoms with E-state index in [1.165, 1.54) is 34.3 Å². The molecule has 0 unspecified atom stereocenters. The minimum atomic E-state index is -1.34. The Labute approximate surface area is 159 Å². The van der Waals surface area contributed by atoms with Crippen LogP contribution >= 0.6 is 10.7 Å². The molecule has 0 aliphatic rings. The Morgan fingerprint density at radius 2 is 1.00 bits per heavy atom. The summed E-state index contributed by atoms with van der Waals surface area (Å²) in [4.78, 5) is 0. The van der Waals surface area contributed by atoms with Crippen LogP contribution in [0.15, 0.2) is 61.7 Å². The number of hydrogen-bond acceptors (Lipinski definition) is 1. The molecular formula is C22H30SSi2. The van der Waals surface area contributed by atoms with Crippen molar-refractivity contribution < 1.29 is 0 Å². The summed E-state index contributed by atoms with van der Waals surface area (Å²) in [7, 11) is -0.334. The van der Waals surface area contributed by atoms with Gasteiger partial charge in [-0.1, -0.05) is 100 Å². The zero-order valence-corrected chi connectivity index (χ0v) is 18.8. The Balaban J connectivity index is 2.02. The molecule has 0 fully saturated rings. The van der Waals surface area contributed by atoms with Gasteiger partial charge in [-0.3, -0.25) is 0 Å². The Kier molecular flexibility index (Phi) is 6.72. The summed E-state index contributed by atoms with van der Waals surface area (Å²) >= 11 is 0. The average Bonchev–Trinajstić information content (AvgIpc) is 2.54. The highest BCUT2D eigenvalue weighted by molar-refractivity contribution is 8.49. The molecule has 0 saturated carbocycles. The van der Waals surface area contributed by atoms with Gasteiger partial charge in [-0.2, -0.15) is 0 Å². The van der Waals surface area contributed by atoms with Crippen molar-refractivity contribution in [3.63, 3.8) is 0 Å². The molecule has 0 radical (unpaired) electrons. The lowest BCUT2D eigenvalue weighted by Gasteiger charge is -2.32. The van der Waals surface area contributed by atoms with Crippen LogP contribution in [0.25, 0.3) is 12.2 Å². The highest BCUT2D eigenvalue weighted by atomic mass is 32.5. The lowest BCUT2D eigenvalue weighted by atomic mass is 10.1. The van der Waals surface area contributed by atoms with E-state index in [4.69, 9.17) is 0 Å². The molecule has 2 aromatic carbocycles. The predicted molar refractivity (Wildman–Crippen MR) is 123 cm³/mol. The van der Waals surface area contributed by atoms with Crippen LogP contribution in [0.3, 0.4) is 0 Å². The van der Waals surface area contributed by atoms with Crippen LogP contribution in [0.2, 0.25) is 26.2 Å². The standard InChI is InChI=1S/C22H30SSi2/c1-7-19-9-13-21(14-10-19)17-24(3,4)23-25(5,6)18-22-15-11-20(8-2)12-16-22/h7-16H,1-2,17-18H2,3-6H3. The predicted octanol–water partition coefficient (Wildman–Crippen LogP) is 6.98. The molecule has 0 aliphatic heterocycles. The molecule has 0 amide bonds. The molecule has 2 rings (SSSR count). The molecule has 0 atom stereocenters. The molecule has 0 N–H and O–H groups in total. The van der Waals surface area contributed by atoms with Gasteiger partial charge >= 0.3 is 0 Å². The molecule has 0 aromatic heterocycles. The monoisotopic (exact) mass is 382 g/mol. The molecule has 0 nitrogen and oxygen atoms in total. The zero-order valence-electron chi connectivity index (χ0n) is 16.0. The maximum Gasteiger partial charge on any atom is 0.108 e. The molecule has 3 heteroatoms. The first kappa shape index (κ1) is 20.0. The summed E-state index contributed by atoms with van der Waals surface area (Å²) in [5.41, 5.74) is 5.34. The molecular weight excluding hydrogens is 352 g/mol. The highest BCUT2D eigenvalue weighted by Crippen LogP contribution is 2.35. The third kappa shape index (κ3) is 6.50. The van der Waals surface area contributed by atoms with Crippen molar-refractivity contribution in [3.05, 3.63) is 83.9 Å². The van der Waals surface area contributed by atoms with Crippen molar-refractivity contribution in [1.82, 2.24) is 0 Å². The largest absolute Gasteiger partial charge is 0.205 e. The fourth-order valence-corrected chi connectivity index (χ4v) is 28.1. The molecule has 2 aromatic rings. The van der Waals surface area contributed by atoms with E-state index in [0.717, 1.165) is 0 Å². The molecule has 0 heterocycles. The Morgan fingerprint density at radius 1 is 0.680 bits per heavy atom. The maximum absolute atomic E-state index is 3.84. The zero-order chi connectivity index (χ0) is 18.5. The SMILES string of the molecule is C=Cc1ccc(C[Si](C)(C)S[Si](C)(C)Cc2ccc(C=C)cc2)cc1. The van der Waals surface area contributed by atoms with Crippen molar-refractivity contribution in [2.24, 2.45) is 0 Å². The number of benzene rings is 2. The van der Waals surface area contributed by atoms with Gasteiger partial charge in [0.15, 0.2) is 0 Å². The van der Waals surface area contributed by atoms with Gasteiger partial charge in [-0.15, -0.1) is 0 Å². The molecule has 0 saturated heterocycles. The highest BCUT2D eigenvalue weighted by Gasteiger charge is 2.32. The number of rotatable bonds is 8. The Bertz CT molecular complexity index is 649. The van der Waals surface area contributed by atoms with Gasteiger partial charge in [0.25, 0.3) is 0 Å². The minimum Gasteiger partial charge on any atom is -0.205 e. The van der Waals surface area contributed by atoms with Gasteiger partial charge in [-0.25, -0.2) is 10.7 Å². The van der Waals surface area contributed by atoms with Crippen molar-refractivity contribution in [2.45, 2.75) is 38.3 Å². The van der Waals surface area contributed by atoms with Crippen LogP contribution in [-0.2, 0) is 12.1 Å². The van der Waals surface area contributed by atoms with E-state index in [2.05, 4.69) is 98.5 Å². The lowest BCUT2D eigenvalue weighted by molar-refractivity contribution is 1.33. The van der Waals surface area contributed by atoms with Crippen LogP contribution in [0, 0.1) is 0 Å². The molecule has 0 bridgehead atoms. The van der Waals surface area contributed by atoms with E-state index in [9.17, 15) is 0 Å². The third-order valence-corrected chi connectivity index (χ3v) is 22.0. The van der Waals surface area contributed by atoms with Gasteiger partial charge in [0, 0.05) is 0 Å². The van der Waals surface area contributed by atoms with E-state index in [1.54, 1.807) is 0 Å². The van der Waals surface area contributed by atoms with Crippen molar-refractivity contribution in [1.29, 1.82) is 0 Å². The van der Waals surface area contributed by atoms with Crippen LogP contribution in [0.4, 0.5) is 0 Å². The summed E-state index contributed by atoms with van der Waals surface area (Å²) in [6.45, 7) is 17.8. The summed E-state index contributed by atoms with van der Waals surface area (Å²) in [6.07, 6.45) is 3.82. The average molecular weight is 383 g/mol. The van der Waals surface area contributed by atoms with Crippen molar-refractivity contribution in [3.8, 4) is 0 Å². The van der Waals surface area contributed by atoms with E-state index in [0.29, 0.717) is 0 Å². The van der Waals surface area contributed by atoms with E-state index in [1.807, 2.05) is 12.2 Å². The molecule has 25 heavy (non-hydrogen) atoms. The van der Waals surface area contributed by atoms with E-state index < -0.39 is 14.4 Å². The Morgan fingerprint density at radius 3 is 1.28 bits per heavy atom. The first-order valence-corrected chi connectivity index (χ1v) is 17.5. The van der Waals surface area contributed by atoms with Crippen LogP contribution < -0.4 is 0 Å². The minimum absolute atomic E-state index is 1.20. The number of hydrogen-bond donors (Lipinski definition) is 0. The fourth-order valence-electron chi connectivity index (χ4n) is 3.35. The summed E-state index contributed by atoms with van der Waals surface area (Å²) in [5.74, 6) is 0. The smallest absolute Gasteiger partial charge is 0.108 e. The molecule has 132 valence electrons. The second-order valence-electron chi connectivity index (χ2n) is 7.87. The normalized spacial score (nSPS) is 12.0. The quantitative estimate of drug-likeness (QED) is 0.444. The van der Waals surface area contributed by atoms with E-state index in [-0.39, 0.29) is 0 Å². The van der Waals surface area contributed by atoms with Gasteiger partial charge in [0.1, 0.15) is 14.4 Å². The second kappa shape index (κ2) is 8.39. The second-order valence-corrected chi connectivity index (χ2v) is 24.9. The Hall–Kier alpha value is -1.30. The maximum atomic E-state index is 3.84. The van der Waals surface area contributed by atoms with Gasteiger partial charge in [0.2, 0.25) is 0 Å². The van der Waals surface area contributed by atoms with Crippen LogP contribution in [0.5, 0.6) is 0 Å². The van der Waals surface area contributed by atoms with E-state index >= 15 is 0 Å². The van der Waals surface area contributed by atoms with Gasteiger partial charge < -0.3 is 0 Å². The van der Waals surface area contributed by atoms with Crippen molar-refractivity contribution >= 4 is 37.3 Å². The lowest BCUT2D eigenvalue weighted by Crippen LogP contribution is -2.37. The first-order chi connectivity index (χ1) is 11.7. The fraction of sp³-hybridized carbons (Fsp3) is 0.273. The third-order valence-electron chi connectivity index (χ3n) is 4.24. The summed E-state index contributed by atoms with van der Waals surface area (Å²) < 4.78 is 0. The first-order valence-electron chi connectivity index (χ1n) is 8.86.